The van der Waals surface area contributed by atoms with Crippen molar-refractivity contribution in [3.05, 3.63) is 0 Å². The first-order valence-electron chi connectivity index (χ1n) is 5.40. The summed E-state index contributed by atoms with van der Waals surface area (Å²) in [6.45, 7) is 3.50. The molecule has 1 atom stereocenters. The average Bonchev–Trinajstić information content (AvgIpc) is 2.69. The van der Waals surface area contributed by atoms with Gasteiger partial charge in [0.25, 0.3) is 0 Å². The molecule has 2 amide bonds. The van der Waals surface area contributed by atoms with Crippen LogP contribution in [0.3, 0.4) is 0 Å². The number of carbonyl (C=O) groups is 2. The molecule has 0 saturated carbocycles. The lowest BCUT2D eigenvalue weighted by molar-refractivity contribution is -0.136. The summed E-state index contributed by atoms with van der Waals surface area (Å²) >= 11 is 0. The molecule has 1 aliphatic rings. The lowest BCUT2D eigenvalue weighted by atomic mass is 10.2. The molecule has 0 aromatic heterocycles. The van der Waals surface area contributed by atoms with Gasteiger partial charge in [0.05, 0.1) is 12.6 Å². The molecule has 0 aromatic carbocycles. The van der Waals surface area contributed by atoms with Gasteiger partial charge in [-0.2, -0.15) is 0 Å². The quantitative estimate of drug-likeness (QED) is 0.651. The summed E-state index contributed by atoms with van der Waals surface area (Å²) in [6, 6.07) is -0.0931. The molecule has 15 heavy (non-hydrogen) atoms. The van der Waals surface area contributed by atoms with E-state index in [1.54, 1.807) is 7.05 Å². The van der Waals surface area contributed by atoms with Crippen LogP contribution in [-0.4, -0.2) is 49.4 Å². The van der Waals surface area contributed by atoms with Crippen molar-refractivity contribution in [2.24, 2.45) is 0 Å². The first kappa shape index (κ1) is 12.0. The maximum Gasteiger partial charge on any atom is 0.239 e. The fourth-order valence-electron chi connectivity index (χ4n) is 1.71. The summed E-state index contributed by atoms with van der Waals surface area (Å²) in [6.07, 6.45) is 1.91. The number of amides is 2. The van der Waals surface area contributed by atoms with Crippen LogP contribution in [0.4, 0.5) is 0 Å². The highest BCUT2D eigenvalue weighted by atomic mass is 16.2. The van der Waals surface area contributed by atoms with Gasteiger partial charge in [0, 0.05) is 13.6 Å². The van der Waals surface area contributed by atoms with Crippen molar-refractivity contribution in [3.8, 4) is 0 Å². The van der Waals surface area contributed by atoms with E-state index in [1.807, 2.05) is 6.92 Å². The first-order chi connectivity index (χ1) is 7.15. The van der Waals surface area contributed by atoms with Gasteiger partial charge in [-0.25, -0.2) is 0 Å². The molecule has 0 spiro atoms. The van der Waals surface area contributed by atoms with E-state index in [0.29, 0.717) is 6.54 Å². The van der Waals surface area contributed by atoms with E-state index in [-0.39, 0.29) is 24.4 Å². The van der Waals surface area contributed by atoms with Crippen molar-refractivity contribution in [1.29, 1.82) is 0 Å². The largest absolute Gasteiger partial charge is 0.355 e. The molecule has 0 aliphatic carbocycles. The topological polar surface area (TPSA) is 61.4 Å². The van der Waals surface area contributed by atoms with Crippen molar-refractivity contribution in [1.82, 2.24) is 15.5 Å². The number of likely N-dealkylation sites (N-methyl/N-ethyl adjacent to an activating group) is 2. The second kappa shape index (κ2) is 5.70. The molecule has 5 heteroatoms. The predicted octanol–water partition coefficient (Wildman–Crippen LogP) is -0.667. The van der Waals surface area contributed by atoms with Gasteiger partial charge in [-0.1, -0.05) is 0 Å². The van der Waals surface area contributed by atoms with E-state index in [2.05, 4.69) is 10.6 Å². The summed E-state index contributed by atoms with van der Waals surface area (Å²) in [5.41, 5.74) is 0. The highest BCUT2D eigenvalue weighted by Gasteiger charge is 2.25. The van der Waals surface area contributed by atoms with Crippen LogP contribution in [0.25, 0.3) is 0 Å². The molecule has 0 bridgehead atoms. The van der Waals surface area contributed by atoms with Gasteiger partial charge in [-0.3, -0.25) is 9.59 Å². The maximum absolute atomic E-state index is 11.8. The number of hydrogen-bond acceptors (Lipinski definition) is 3. The molecule has 86 valence electrons. The van der Waals surface area contributed by atoms with Crippen LogP contribution in [0.5, 0.6) is 0 Å². The Balaban J connectivity index is 2.35. The molecular weight excluding hydrogens is 194 g/mol. The Hall–Kier alpha value is -1.10. The molecular formula is C10H19N3O2. The normalized spacial score (nSPS) is 20.0. The molecule has 1 heterocycles. The smallest absolute Gasteiger partial charge is 0.239 e. The van der Waals surface area contributed by atoms with E-state index in [0.717, 1.165) is 19.4 Å². The monoisotopic (exact) mass is 213 g/mol. The van der Waals surface area contributed by atoms with E-state index in [1.165, 1.54) is 4.90 Å². The Morgan fingerprint density at radius 1 is 1.53 bits per heavy atom. The minimum atomic E-state index is -0.105. The van der Waals surface area contributed by atoms with Crippen molar-refractivity contribution < 1.29 is 9.59 Å². The summed E-state index contributed by atoms with van der Waals surface area (Å²) in [7, 11) is 1.66. The fraction of sp³-hybridized carbons (Fsp3) is 0.800. The number of rotatable bonds is 4. The van der Waals surface area contributed by atoms with Crippen LogP contribution >= 0.6 is 0 Å². The van der Waals surface area contributed by atoms with E-state index in [9.17, 15) is 9.59 Å². The molecule has 0 radical (unpaired) electrons. The zero-order valence-corrected chi connectivity index (χ0v) is 9.38. The zero-order valence-electron chi connectivity index (χ0n) is 9.38. The van der Waals surface area contributed by atoms with Gasteiger partial charge in [0.15, 0.2) is 0 Å². The Morgan fingerprint density at radius 2 is 2.27 bits per heavy atom. The van der Waals surface area contributed by atoms with Crippen LogP contribution in [-0.2, 0) is 9.59 Å². The van der Waals surface area contributed by atoms with Crippen molar-refractivity contribution in [3.63, 3.8) is 0 Å². The van der Waals surface area contributed by atoms with Gasteiger partial charge in [-0.05, 0) is 26.3 Å². The maximum atomic E-state index is 11.8. The van der Waals surface area contributed by atoms with Crippen molar-refractivity contribution in [2.75, 3.05) is 26.7 Å². The molecule has 0 unspecified atom stereocenters. The average molecular weight is 213 g/mol. The van der Waals surface area contributed by atoms with Gasteiger partial charge >= 0.3 is 0 Å². The van der Waals surface area contributed by atoms with Crippen LogP contribution in [0, 0.1) is 0 Å². The predicted molar refractivity (Wildman–Crippen MR) is 57.3 cm³/mol. The Kier molecular flexibility index (Phi) is 4.55. The van der Waals surface area contributed by atoms with E-state index < -0.39 is 0 Å². The third kappa shape index (κ3) is 3.51. The first-order valence-corrected chi connectivity index (χ1v) is 5.40. The Morgan fingerprint density at radius 3 is 2.80 bits per heavy atom. The molecule has 1 aliphatic heterocycles. The Labute approximate surface area is 90.2 Å². The number of hydrogen-bond donors (Lipinski definition) is 2. The summed E-state index contributed by atoms with van der Waals surface area (Å²) in [5, 5.41) is 5.79. The highest BCUT2D eigenvalue weighted by Crippen LogP contribution is 2.07. The highest BCUT2D eigenvalue weighted by molar-refractivity contribution is 5.87. The minimum absolute atomic E-state index is 0.0127. The van der Waals surface area contributed by atoms with Gasteiger partial charge in [0.2, 0.25) is 11.8 Å². The lowest BCUT2D eigenvalue weighted by Gasteiger charge is -2.20. The molecule has 0 aromatic rings. The standard InChI is InChI=1S/C10H19N3O2/c1-3-11-9(14)7-13(2)10(15)8-5-4-6-12-8/h8,12H,3-7H2,1-2H3,(H,11,14)/t8-/m1/s1. The summed E-state index contributed by atoms with van der Waals surface area (Å²) < 4.78 is 0. The molecule has 5 nitrogen and oxygen atoms in total. The summed E-state index contributed by atoms with van der Waals surface area (Å²) in [5.74, 6) is -0.0925. The SMILES string of the molecule is CCNC(=O)CN(C)C(=O)[C@H]1CCCN1. The van der Waals surface area contributed by atoms with E-state index >= 15 is 0 Å². The fourth-order valence-corrected chi connectivity index (χ4v) is 1.71. The zero-order chi connectivity index (χ0) is 11.3. The minimum Gasteiger partial charge on any atom is -0.355 e. The third-order valence-electron chi connectivity index (χ3n) is 2.49. The Bertz CT molecular complexity index is 237. The lowest BCUT2D eigenvalue weighted by Crippen LogP contribution is -2.45. The van der Waals surface area contributed by atoms with Gasteiger partial charge in [-0.15, -0.1) is 0 Å². The molecule has 1 saturated heterocycles. The summed E-state index contributed by atoms with van der Waals surface area (Å²) in [4.78, 5) is 24.5. The van der Waals surface area contributed by atoms with Crippen LogP contribution in [0.1, 0.15) is 19.8 Å². The van der Waals surface area contributed by atoms with E-state index in [4.69, 9.17) is 0 Å². The number of nitrogens with one attached hydrogen (secondary N) is 2. The number of nitrogens with zero attached hydrogens (tertiary/aromatic N) is 1. The second-order valence-electron chi connectivity index (χ2n) is 3.80. The van der Waals surface area contributed by atoms with Crippen molar-refractivity contribution >= 4 is 11.8 Å². The third-order valence-corrected chi connectivity index (χ3v) is 2.49. The van der Waals surface area contributed by atoms with Crippen molar-refractivity contribution in [2.45, 2.75) is 25.8 Å². The second-order valence-corrected chi connectivity index (χ2v) is 3.80. The van der Waals surface area contributed by atoms with Crippen LogP contribution < -0.4 is 10.6 Å². The van der Waals surface area contributed by atoms with Gasteiger partial charge in [0.1, 0.15) is 0 Å². The molecule has 1 fully saturated rings. The van der Waals surface area contributed by atoms with Crippen LogP contribution in [0.15, 0.2) is 0 Å². The molecule has 1 rings (SSSR count). The van der Waals surface area contributed by atoms with Gasteiger partial charge < -0.3 is 15.5 Å². The molecule has 2 N–H and O–H groups in total. The van der Waals surface area contributed by atoms with Crippen LogP contribution in [0.2, 0.25) is 0 Å². The number of carbonyl (C=O) groups excluding carboxylic acids is 2.